The Bertz CT molecular complexity index is 1190. The van der Waals surface area contributed by atoms with Crippen molar-refractivity contribution in [2.24, 2.45) is 0 Å². The van der Waals surface area contributed by atoms with Gasteiger partial charge in [0.05, 0.1) is 0 Å². The summed E-state index contributed by atoms with van der Waals surface area (Å²) in [6, 6.07) is 11.5. The average Bonchev–Trinajstić information content (AvgIpc) is 3.53. The SMILES string of the molecule is Fc1ccc(CN2CC3CC2CN3c2ccc(Nc3ncnc4ncnn34)o2)cc1. The molecule has 2 saturated heterocycles. The highest BCUT2D eigenvalue weighted by Crippen LogP contribution is 2.37. The van der Waals surface area contributed by atoms with E-state index in [1.165, 1.54) is 29.3 Å². The molecular weight excluding hydrogens is 387 g/mol. The van der Waals surface area contributed by atoms with Crippen molar-refractivity contribution in [3.05, 3.63) is 60.4 Å². The highest BCUT2D eigenvalue weighted by Gasteiger charge is 2.44. The molecule has 2 aliphatic rings. The summed E-state index contributed by atoms with van der Waals surface area (Å²) < 4.78 is 20.7. The minimum Gasteiger partial charge on any atom is -0.425 e. The number of rotatable bonds is 5. The van der Waals surface area contributed by atoms with Gasteiger partial charge in [-0.05, 0) is 24.1 Å². The summed E-state index contributed by atoms with van der Waals surface area (Å²) >= 11 is 0. The molecule has 2 bridgehead atoms. The number of fused-ring (bicyclic) bond motifs is 3. The molecule has 0 saturated carbocycles. The minimum atomic E-state index is -0.193. The van der Waals surface area contributed by atoms with E-state index in [1.54, 1.807) is 0 Å². The molecule has 0 amide bonds. The number of nitrogens with one attached hydrogen (secondary N) is 1. The van der Waals surface area contributed by atoms with Crippen LogP contribution >= 0.6 is 0 Å². The van der Waals surface area contributed by atoms with E-state index in [1.807, 2.05) is 24.3 Å². The molecule has 2 atom stereocenters. The van der Waals surface area contributed by atoms with Gasteiger partial charge in [0.25, 0.3) is 5.78 Å². The van der Waals surface area contributed by atoms with Gasteiger partial charge in [-0.15, -0.1) is 0 Å². The fourth-order valence-corrected chi connectivity index (χ4v) is 4.44. The molecule has 0 spiro atoms. The lowest BCUT2D eigenvalue weighted by Gasteiger charge is -2.34. The molecule has 2 unspecified atom stereocenters. The molecule has 4 aromatic rings. The van der Waals surface area contributed by atoms with Gasteiger partial charge in [-0.3, -0.25) is 10.2 Å². The second kappa shape index (κ2) is 6.77. The van der Waals surface area contributed by atoms with Crippen molar-refractivity contribution >= 4 is 23.5 Å². The Morgan fingerprint density at radius 1 is 1.00 bits per heavy atom. The molecule has 1 N–H and O–H groups in total. The molecule has 0 aliphatic carbocycles. The molecule has 1 aromatic carbocycles. The van der Waals surface area contributed by atoms with Gasteiger partial charge < -0.3 is 9.32 Å². The molecule has 5 heterocycles. The maximum Gasteiger partial charge on any atom is 0.256 e. The number of hydrogen-bond acceptors (Lipinski definition) is 8. The Morgan fingerprint density at radius 2 is 1.87 bits per heavy atom. The van der Waals surface area contributed by atoms with Crippen molar-refractivity contribution in [3.63, 3.8) is 0 Å². The Morgan fingerprint density at radius 3 is 2.70 bits per heavy atom. The van der Waals surface area contributed by atoms with Gasteiger partial charge in [0.1, 0.15) is 18.5 Å². The van der Waals surface area contributed by atoms with E-state index < -0.39 is 0 Å². The topological polar surface area (TPSA) is 87.6 Å². The van der Waals surface area contributed by atoms with Crippen LogP contribution in [0.15, 0.2) is 53.5 Å². The number of nitrogens with zero attached hydrogens (tertiary/aromatic N) is 7. The van der Waals surface area contributed by atoms with Crippen LogP contribution in [-0.4, -0.2) is 54.6 Å². The molecule has 6 rings (SSSR count). The number of furan rings is 1. The van der Waals surface area contributed by atoms with Gasteiger partial charge in [0.2, 0.25) is 11.8 Å². The van der Waals surface area contributed by atoms with Crippen LogP contribution in [0.1, 0.15) is 12.0 Å². The van der Waals surface area contributed by atoms with Gasteiger partial charge in [0, 0.05) is 43.9 Å². The summed E-state index contributed by atoms with van der Waals surface area (Å²) in [5.74, 6) is 2.20. The zero-order valence-electron chi connectivity index (χ0n) is 16.0. The third kappa shape index (κ3) is 2.96. The molecule has 2 fully saturated rings. The predicted molar refractivity (Wildman–Crippen MR) is 107 cm³/mol. The smallest absolute Gasteiger partial charge is 0.256 e. The number of anilines is 3. The third-order valence-corrected chi connectivity index (χ3v) is 5.85. The maximum atomic E-state index is 13.1. The van der Waals surface area contributed by atoms with E-state index in [-0.39, 0.29) is 5.82 Å². The summed E-state index contributed by atoms with van der Waals surface area (Å²) in [6.07, 6.45) is 3.98. The van der Waals surface area contributed by atoms with Crippen LogP contribution in [0, 0.1) is 5.82 Å². The van der Waals surface area contributed by atoms with E-state index in [2.05, 4.69) is 35.2 Å². The zero-order chi connectivity index (χ0) is 20.1. The van der Waals surface area contributed by atoms with Gasteiger partial charge in [-0.1, -0.05) is 12.1 Å². The van der Waals surface area contributed by atoms with Crippen LogP contribution in [0.2, 0.25) is 0 Å². The highest BCUT2D eigenvalue weighted by molar-refractivity contribution is 5.53. The number of aromatic nitrogens is 5. The largest absolute Gasteiger partial charge is 0.425 e. The molecule has 2 aliphatic heterocycles. The summed E-state index contributed by atoms with van der Waals surface area (Å²) in [4.78, 5) is 17.1. The highest BCUT2D eigenvalue weighted by atomic mass is 19.1. The first-order chi connectivity index (χ1) is 14.7. The first kappa shape index (κ1) is 17.3. The van der Waals surface area contributed by atoms with E-state index in [0.717, 1.165) is 37.5 Å². The van der Waals surface area contributed by atoms with Crippen molar-refractivity contribution in [3.8, 4) is 0 Å². The Kier molecular flexibility index (Phi) is 3.91. The lowest BCUT2D eigenvalue weighted by Crippen LogP contribution is -2.45. The van der Waals surface area contributed by atoms with Gasteiger partial charge in [-0.2, -0.15) is 19.6 Å². The molecule has 0 radical (unpaired) electrons. The normalized spacial score (nSPS) is 21.0. The first-order valence-corrected chi connectivity index (χ1v) is 9.86. The standard InChI is InChI=1S/C20H19FN8O/c21-14-3-1-13(2-4-14)8-27-9-16-7-15(27)10-28(16)18-6-5-17(30-18)26-20-23-11-22-19-24-12-25-29(19)20/h1-6,11-12,15-16H,7-10H2,(H,22,23,24,25,26). The summed E-state index contributed by atoms with van der Waals surface area (Å²) in [5, 5.41) is 7.26. The number of hydrogen-bond donors (Lipinski definition) is 1. The molecule has 9 nitrogen and oxygen atoms in total. The monoisotopic (exact) mass is 406 g/mol. The average molecular weight is 406 g/mol. The van der Waals surface area contributed by atoms with Crippen molar-refractivity contribution in [1.82, 2.24) is 29.5 Å². The van der Waals surface area contributed by atoms with Gasteiger partial charge in [0.15, 0.2) is 5.88 Å². The van der Waals surface area contributed by atoms with Crippen molar-refractivity contribution < 1.29 is 8.81 Å². The Hall–Kier alpha value is -3.53. The second-order valence-electron chi connectivity index (χ2n) is 7.68. The first-order valence-electron chi connectivity index (χ1n) is 9.86. The summed E-state index contributed by atoms with van der Waals surface area (Å²) in [6.45, 7) is 2.73. The van der Waals surface area contributed by atoms with E-state index in [0.29, 0.717) is 29.7 Å². The van der Waals surface area contributed by atoms with Crippen LogP contribution in [-0.2, 0) is 6.54 Å². The third-order valence-electron chi connectivity index (χ3n) is 5.85. The van der Waals surface area contributed by atoms with Gasteiger partial charge >= 0.3 is 0 Å². The fourth-order valence-electron chi connectivity index (χ4n) is 4.44. The van der Waals surface area contributed by atoms with Crippen molar-refractivity contribution in [2.75, 3.05) is 23.3 Å². The summed E-state index contributed by atoms with van der Waals surface area (Å²) in [7, 11) is 0. The van der Waals surface area contributed by atoms with E-state index in [4.69, 9.17) is 4.42 Å². The van der Waals surface area contributed by atoms with Gasteiger partial charge in [-0.25, -0.2) is 9.37 Å². The molecule has 10 heteroatoms. The van der Waals surface area contributed by atoms with E-state index >= 15 is 0 Å². The number of likely N-dealkylation sites (tertiary alicyclic amines) is 1. The fraction of sp³-hybridized carbons (Fsp3) is 0.300. The number of benzene rings is 1. The maximum absolute atomic E-state index is 13.1. The van der Waals surface area contributed by atoms with Crippen LogP contribution in [0.25, 0.3) is 5.78 Å². The van der Waals surface area contributed by atoms with Crippen LogP contribution in [0.4, 0.5) is 22.1 Å². The zero-order valence-corrected chi connectivity index (χ0v) is 16.0. The van der Waals surface area contributed by atoms with Crippen LogP contribution in [0.5, 0.6) is 0 Å². The van der Waals surface area contributed by atoms with Crippen molar-refractivity contribution in [2.45, 2.75) is 25.0 Å². The molecule has 30 heavy (non-hydrogen) atoms. The Labute approximate surface area is 171 Å². The van der Waals surface area contributed by atoms with E-state index in [9.17, 15) is 4.39 Å². The number of halogens is 1. The lowest BCUT2D eigenvalue weighted by atomic mass is 10.2. The molecule has 152 valence electrons. The molecular formula is C20H19FN8O. The number of piperazine rings is 1. The molecule has 3 aromatic heterocycles. The van der Waals surface area contributed by atoms with Crippen LogP contribution in [0.3, 0.4) is 0 Å². The minimum absolute atomic E-state index is 0.193. The predicted octanol–water partition coefficient (Wildman–Crippen LogP) is 2.46. The Balaban J connectivity index is 1.14. The lowest BCUT2D eigenvalue weighted by molar-refractivity contribution is 0.228. The van der Waals surface area contributed by atoms with Crippen LogP contribution < -0.4 is 10.2 Å². The second-order valence-corrected chi connectivity index (χ2v) is 7.68. The quantitative estimate of drug-likeness (QED) is 0.541. The van der Waals surface area contributed by atoms with Crippen molar-refractivity contribution in [1.29, 1.82) is 0 Å². The summed E-state index contributed by atoms with van der Waals surface area (Å²) in [5.41, 5.74) is 1.14.